The molecule has 0 bridgehead atoms. The number of aromatic nitrogens is 6. The number of carbonyl (C=O) groups excluding carboxylic acids is 1. The van der Waals surface area contributed by atoms with Crippen LogP contribution in [0.25, 0.3) is 16.6 Å². The van der Waals surface area contributed by atoms with Gasteiger partial charge in [0.1, 0.15) is 42.0 Å². The van der Waals surface area contributed by atoms with Gasteiger partial charge >= 0.3 is 0 Å². The van der Waals surface area contributed by atoms with E-state index in [1.807, 2.05) is 24.9 Å². The monoisotopic (exact) mass is 599 g/mol. The fraction of sp³-hybridized carbons (Fsp3) is 0.267. The van der Waals surface area contributed by atoms with Gasteiger partial charge in [0.05, 0.1) is 31.1 Å². The van der Waals surface area contributed by atoms with Crippen molar-refractivity contribution in [3.05, 3.63) is 66.8 Å². The highest BCUT2D eigenvalue weighted by Gasteiger charge is 2.22. The quantitative estimate of drug-likeness (QED) is 0.225. The molecule has 6 rings (SSSR count). The van der Waals surface area contributed by atoms with Crippen LogP contribution >= 0.6 is 0 Å². The number of likely N-dealkylation sites (N-methyl/N-ethyl adjacent to an activating group) is 1. The fourth-order valence-corrected chi connectivity index (χ4v) is 5.08. The van der Waals surface area contributed by atoms with Crippen molar-refractivity contribution in [2.75, 3.05) is 38.4 Å². The highest BCUT2D eigenvalue weighted by molar-refractivity contribution is 6.05. The summed E-state index contributed by atoms with van der Waals surface area (Å²) in [5.41, 5.74) is 2.82. The minimum Gasteiger partial charge on any atom is -0.494 e. The summed E-state index contributed by atoms with van der Waals surface area (Å²) in [4.78, 5) is 32.0. The van der Waals surface area contributed by atoms with Crippen LogP contribution < -0.4 is 24.8 Å². The second kappa shape index (κ2) is 12.1. The molecular weight excluding hydrogens is 569 g/mol. The molecule has 1 aliphatic heterocycles. The third kappa shape index (κ3) is 5.79. The van der Waals surface area contributed by atoms with Gasteiger partial charge in [-0.05, 0) is 57.1 Å². The maximum absolute atomic E-state index is 14.9. The lowest BCUT2D eigenvalue weighted by Crippen LogP contribution is -2.24. The van der Waals surface area contributed by atoms with Gasteiger partial charge in [-0.2, -0.15) is 5.10 Å². The summed E-state index contributed by atoms with van der Waals surface area (Å²) in [6, 6.07) is 8.45. The third-order valence-electron chi connectivity index (χ3n) is 7.45. The molecule has 2 aromatic carbocycles. The largest absolute Gasteiger partial charge is 0.494 e. The molecule has 1 atom stereocenters. The van der Waals surface area contributed by atoms with Gasteiger partial charge in [0, 0.05) is 29.6 Å². The lowest BCUT2D eigenvalue weighted by molar-refractivity contribution is -0.114. The number of rotatable bonds is 9. The molecule has 0 unspecified atom stereocenters. The van der Waals surface area contributed by atoms with Crippen molar-refractivity contribution in [1.29, 1.82) is 0 Å². The van der Waals surface area contributed by atoms with Crippen molar-refractivity contribution in [2.45, 2.75) is 25.8 Å². The molecule has 4 heterocycles. The van der Waals surface area contributed by atoms with E-state index in [1.165, 1.54) is 36.7 Å². The number of likely N-dealkylation sites (tertiary alicyclic amines) is 1. The summed E-state index contributed by atoms with van der Waals surface area (Å²) in [5, 5.41) is 10.5. The second-order valence-electron chi connectivity index (χ2n) is 10.3. The topological polar surface area (TPSA) is 141 Å². The van der Waals surface area contributed by atoms with Crippen molar-refractivity contribution in [3.8, 4) is 23.1 Å². The first kappa shape index (κ1) is 28.7. The van der Waals surface area contributed by atoms with E-state index in [2.05, 4.69) is 35.7 Å². The summed E-state index contributed by atoms with van der Waals surface area (Å²) in [6.07, 6.45) is 7.48. The van der Waals surface area contributed by atoms with Crippen LogP contribution in [0.2, 0.25) is 0 Å². The molecule has 0 aliphatic carbocycles. The summed E-state index contributed by atoms with van der Waals surface area (Å²) in [7, 11) is 4.92. The molecular formula is C30H30FN9O4. The molecule has 2 N–H and O–H groups in total. The van der Waals surface area contributed by atoms with Crippen LogP contribution in [0.5, 0.6) is 23.1 Å². The second-order valence-corrected chi connectivity index (χ2v) is 10.3. The number of benzene rings is 2. The normalized spacial score (nSPS) is 15.5. The number of carbonyl (C=O) groups is 1. The molecule has 0 spiro atoms. The van der Waals surface area contributed by atoms with E-state index in [1.54, 1.807) is 31.4 Å². The lowest BCUT2D eigenvalue weighted by atomic mass is 10.1. The smallest absolute Gasteiger partial charge is 0.284 e. The number of ether oxygens (including phenoxy) is 3. The van der Waals surface area contributed by atoms with Crippen LogP contribution in [-0.2, 0) is 4.79 Å². The van der Waals surface area contributed by atoms with Crippen LogP contribution in [0.1, 0.15) is 18.4 Å². The van der Waals surface area contributed by atoms with Crippen molar-refractivity contribution >= 4 is 39.6 Å². The number of anilines is 3. The number of nitrogens with zero attached hydrogens (tertiary/aromatic N) is 7. The van der Waals surface area contributed by atoms with E-state index in [0.29, 0.717) is 51.2 Å². The number of hydrogen-bond donors (Lipinski definition) is 2. The number of fused-ring (bicyclic) bond motifs is 2. The Kier molecular flexibility index (Phi) is 7.89. The van der Waals surface area contributed by atoms with Gasteiger partial charge in [-0.25, -0.2) is 28.8 Å². The number of amides is 1. The third-order valence-corrected chi connectivity index (χ3v) is 7.45. The Morgan fingerprint density at radius 3 is 2.59 bits per heavy atom. The predicted octanol–water partition coefficient (Wildman–Crippen LogP) is 4.82. The van der Waals surface area contributed by atoms with E-state index in [4.69, 9.17) is 14.2 Å². The highest BCUT2D eigenvalue weighted by atomic mass is 19.1. The molecule has 5 aromatic rings. The molecule has 1 amide bonds. The van der Waals surface area contributed by atoms with Crippen LogP contribution in [0, 0.1) is 6.92 Å². The van der Waals surface area contributed by atoms with Gasteiger partial charge < -0.3 is 24.8 Å². The first-order valence-corrected chi connectivity index (χ1v) is 13.8. The zero-order valence-electron chi connectivity index (χ0n) is 24.5. The molecule has 0 saturated carbocycles. The molecule has 226 valence electrons. The highest BCUT2D eigenvalue weighted by Crippen LogP contribution is 2.38. The summed E-state index contributed by atoms with van der Waals surface area (Å²) in [6.45, 7) is 2.75. The summed E-state index contributed by atoms with van der Waals surface area (Å²) >= 11 is 0. The summed E-state index contributed by atoms with van der Waals surface area (Å²) < 4.78 is 33.6. The number of hydrogen-bond acceptors (Lipinski definition) is 11. The average Bonchev–Trinajstić information content (AvgIpc) is 3.66. The van der Waals surface area contributed by atoms with Gasteiger partial charge in [-0.1, -0.05) is 0 Å². The maximum Gasteiger partial charge on any atom is 0.284 e. The van der Waals surface area contributed by atoms with Gasteiger partial charge in [0.25, 0.3) is 5.91 Å². The van der Waals surface area contributed by atoms with Gasteiger partial charge in [-0.3, -0.25) is 9.69 Å². The Morgan fingerprint density at radius 1 is 1.00 bits per heavy atom. The Labute approximate surface area is 251 Å². The lowest BCUT2D eigenvalue weighted by Gasteiger charge is -2.17. The van der Waals surface area contributed by atoms with E-state index in [-0.39, 0.29) is 11.7 Å². The van der Waals surface area contributed by atoms with Crippen LogP contribution in [-0.4, -0.2) is 74.2 Å². The SMILES string of the molecule is COc1cc2ncnc(Nc3cc(C)c(Oc4cc5ncnn5cn4)cc3OC)c2cc1NC(=O)/C(F)=C/[C@H]1CCCN1C. The van der Waals surface area contributed by atoms with E-state index in [9.17, 15) is 9.18 Å². The zero-order valence-corrected chi connectivity index (χ0v) is 24.5. The molecule has 14 heteroatoms. The van der Waals surface area contributed by atoms with E-state index >= 15 is 0 Å². The Bertz CT molecular complexity index is 1890. The molecule has 13 nitrogen and oxygen atoms in total. The molecule has 1 aliphatic rings. The van der Waals surface area contributed by atoms with Gasteiger partial charge in [0.2, 0.25) is 5.88 Å². The van der Waals surface area contributed by atoms with Crippen molar-refractivity contribution in [3.63, 3.8) is 0 Å². The fourth-order valence-electron chi connectivity index (χ4n) is 5.08. The van der Waals surface area contributed by atoms with Crippen molar-refractivity contribution in [2.24, 2.45) is 0 Å². The van der Waals surface area contributed by atoms with Crippen LogP contribution in [0.15, 0.2) is 61.2 Å². The molecule has 44 heavy (non-hydrogen) atoms. The van der Waals surface area contributed by atoms with Crippen molar-refractivity contribution < 1.29 is 23.4 Å². The number of aryl methyl sites for hydroxylation is 1. The van der Waals surface area contributed by atoms with E-state index < -0.39 is 11.7 Å². The predicted molar refractivity (Wildman–Crippen MR) is 161 cm³/mol. The van der Waals surface area contributed by atoms with Crippen molar-refractivity contribution in [1.82, 2.24) is 34.4 Å². The van der Waals surface area contributed by atoms with E-state index in [0.717, 1.165) is 24.9 Å². The number of nitrogens with one attached hydrogen (secondary N) is 2. The van der Waals surface area contributed by atoms with Crippen LogP contribution in [0.4, 0.5) is 21.6 Å². The minimum atomic E-state index is -0.861. The maximum atomic E-state index is 14.9. The van der Waals surface area contributed by atoms with Crippen LogP contribution in [0.3, 0.4) is 0 Å². The average molecular weight is 600 g/mol. The first-order chi connectivity index (χ1) is 21.3. The summed E-state index contributed by atoms with van der Waals surface area (Å²) in [5.74, 6) is 0.406. The van der Waals surface area contributed by atoms with Gasteiger partial charge in [0.15, 0.2) is 11.5 Å². The number of methoxy groups -OCH3 is 2. The number of halogens is 1. The molecule has 1 saturated heterocycles. The Hall–Kier alpha value is -5.37. The van der Waals surface area contributed by atoms with Gasteiger partial charge in [-0.15, -0.1) is 0 Å². The Morgan fingerprint density at radius 2 is 1.82 bits per heavy atom. The molecule has 3 aromatic heterocycles. The first-order valence-electron chi connectivity index (χ1n) is 13.8. The standard InChI is InChI=1S/C30H30FN9O4/c1-17-8-22(26(43-4)12-24(17)44-28-13-27-33-15-36-40(27)16-35-28)37-29-19-10-23(25(42-3)11-21(19)32-14-34-29)38-30(41)20(31)9-18-6-5-7-39(18)2/h8-16,18H,5-7H2,1-4H3,(H,38,41)(H,32,34,37)/b20-9-/t18-/m1/s1. The Balaban J connectivity index is 1.28. The minimum absolute atomic E-state index is 0.118. The molecule has 1 fully saturated rings. The molecule has 0 radical (unpaired) electrons. The zero-order chi connectivity index (χ0) is 30.8.